The smallest absolute Gasteiger partial charge is 0.336 e. The first-order valence-electron chi connectivity index (χ1n) is 5.82. The molecule has 0 aliphatic carbocycles. The lowest BCUT2D eigenvalue weighted by molar-refractivity contribution is 0.0693. The molecule has 0 amide bonds. The highest BCUT2D eigenvalue weighted by molar-refractivity contribution is 7.99. The van der Waals surface area contributed by atoms with Gasteiger partial charge in [-0.3, -0.25) is 0 Å². The van der Waals surface area contributed by atoms with Crippen molar-refractivity contribution in [3.63, 3.8) is 0 Å². The summed E-state index contributed by atoms with van der Waals surface area (Å²) in [6.07, 6.45) is 0. The Balaban J connectivity index is 2.50. The van der Waals surface area contributed by atoms with Gasteiger partial charge in [0, 0.05) is 16.3 Å². The van der Waals surface area contributed by atoms with Crippen LogP contribution >= 0.6 is 23.4 Å². The van der Waals surface area contributed by atoms with Crippen LogP contribution in [0.15, 0.2) is 34.2 Å². The highest BCUT2D eigenvalue weighted by Crippen LogP contribution is 2.37. The lowest BCUT2D eigenvalue weighted by atomic mass is 10.2. The molecule has 2 rings (SSSR count). The van der Waals surface area contributed by atoms with Gasteiger partial charge in [-0.2, -0.15) is 0 Å². The molecule has 0 bridgehead atoms. The monoisotopic (exact) mass is 308 g/mol. The second kappa shape index (κ2) is 5.73. The lowest BCUT2D eigenvalue weighted by Gasteiger charge is -2.10. The van der Waals surface area contributed by atoms with Crippen molar-refractivity contribution >= 4 is 35.0 Å². The average molecular weight is 309 g/mol. The number of rotatable bonds is 3. The van der Waals surface area contributed by atoms with Crippen molar-refractivity contribution in [2.45, 2.75) is 23.8 Å². The Hall–Kier alpha value is -1.72. The summed E-state index contributed by atoms with van der Waals surface area (Å²) in [6, 6.07) is 6.78. The lowest BCUT2D eigenvalue weighted by Crippen LogP contribution is -2.01. The van der Waals surface area contributed by atoms with E-state index in [-0.39, 0.29) is 5.56 Å². The molecule has 6 heteroatoms. The molecule has 0 unspecified atom stereocenters. The SMILES string of the molecule is Cc1cc(C)nc(Sc2c(Cl)cc(N)cc2C(=O)O)c1. The van der Waals surface area contributed by atoms with Gasteiger partial charge in [-0.05, 0) is 43.7 Å². The summed E-state index contributed by atoms with van der Waals surface area (Å²) < 4.78 is 0. The van der Waals surface area contributed by atoms with Crippen molar-refractivity contribution < 1.29 is 9.90 Å². The number of carbonyl (C=O) groups is 1. The number of nitrogens with zero attached hydrogens (tertiary/aromatic N) is 1. The van der Waals surface area contributed by atoms with Gasteiger partial charge < -0.3 is 10.8 Å². The summed E-state index contributed by atoms with van der Waals surface area (Å²) >= 11 is 7.34. The molecule has 0 saturated heterocycles. The normalized spacial score (nSPS) is 10.6. The zero-order valence-corrected chi connectivity index (χ0v) is 12.5. The third-order valence-electron chi connectivity index (χ3n) is 2.58. The van der Waals surface area contributed by atoms with E-state index < -0.39 is 5.97 Å². The highest BCUT2D eigenvalue weighted by Gasteiger charge is 2.16. The van der Waals surface area contributed by atoms with Gasteiger partial charge in [0.25, 0.3) is 0 Å². The topological polar surface area (TPSA) is 76.2 Å². The van der Waals surface area contributed by atoms with E-state index in [0.717, 1.165) is 11.3 Å². The Labute approximate surface area is 126 Å². The Kier molecular flexibility index (Phi) is 4.20. The standard InChI is InChI=1S/C14H13ClN2O2S/c1-7-3-8(2)17-12(4-7)20-13-10(14(18)19)5-9(16)6-11(13)15/h3-6H,16H2,1-2H3,(H,18,19). The van der Waals surface area contributed by atoms with E-state index in [2.05, 4.69) is 4.98 Å². The molecule has 1 heterocycles. The van der Waals surface area contributed by atoms with Crippen molar-refractivity contribution in [1.82, 2.24) is 4.98 Å². The summed E-state index contributed by atoms with van der Waals surface area (Å²) in [5.74, 6) is -1.06. The Morgan fingerprint density at radius 1 is 1.30 bits per heavy atom. The maximum absolute atomic E-state index is 11.3. The molecule has 104 valence electrons. The number of pyridine rings is 1. The fraction of sp³-hybridized carbons (Fsp3) is 0.143. The van der Waals surface area contributed by atoms with Crippen molar-refractivity contribution in [3.05, 3.63) is 46.1 Å². The maximum Gasteiger partial charge on any atom is 0.336 e. The molecule has 0 spiro atoms. The molecule has 1 aromatic heterocycles. The van der Waals surface area contributed by atoms with Gasteiger partial charge in [0.15, 0.2) is 0 Å². The molecule has 0 atom stereocenters. The third-order valence-corrected chi connectivity index (χ3v) is 4.05. The van der Waals surface area contributed by atoms with Gasteiger partial charge in [0.1, 0.15) is 5.03 Å². The number of aryl methyl sites for hydroxylation is 2. The van der Waals surface area contributed by atoms with Gasteiger partial charge in [0.05, 0.1) is 10.6 Å². The molecule has 1 aromatic carbocycles. The molecule has 20 heavy (non-hydrogen) atoms. The minimum Gasteiger partial charge on any atom is -0.478 e. The van der Waals surface area contributed by atoms with E-state index >= 15 is 0 Å². The summed E-state index contributed by atoms with van der Waals surface area (Å²) in [5, 5.41) is 10.3. The summed E-state index contributed by atoms with van der Waals surface area (Å²) in [5.41, 5.74) is 7.97. The van der Waals surface area contributed by atoms with Crippen LogP contribution < -0.4 is 5.73 Å². The van der Waals surface area contributed by atoms with Gasteiger partial charge in [0.2, 0.25) is 0 Å². The highest BCUT2D eigenvalue weighted by atomic mass is 35.5. The van der Waals surface area contributed by atoms with Crippen LogP contribution in [0, 0.1) is 13.8 Å². The third kappa shape index (κ3) is 3.23. The summed E-state index contributed by atoms with van der Waals surface area (Å²) in [4.78, 5) is 16.1. The second-order valence-corrected chi connectivity index (χ2v) is 5.85. The number of carboxylic acids is 1. The zero-order valence-electron chi connectivity index (χ0n) is 11.0. The van der Waals surface area contributed by atoms with Gasteiger partial charge >= 0.3 is 5.97 Å². The summed E-state index contributed by atoms with van der Waals surface area (Å²) in [6.45, 7) is 3.85. The molecule has 3 N–H and O–H groups in total. The number of aromatic nitrogens is 1. The Morgan fingerprint density at radius 2 is 2.00 bits per heavy atom. The van der Waals surface area contributed by atoms with Crippen LogP contribution in [0.25, 0.3) is 0 Å². The molecule has 2 aromatic rings. The van der Waals surface area contributed by atoms with Crippen LogP contribution in [-0.2, 0) is 0 Å². The number of nitrogen functional groups attached to an aromatic ring is 1. The first kappa shape index (κ1) is 14.7. The maximum atomic E-state index is 11.3. The van der Waals surface area contributed by atoms with E-state index in [1.54, 1.807) is 6.07 Å². The Morgan fingerprint density at radius 3 is 2.60 bits per heavy atom. The van der Waals surface area contributed by atoms with Crippen LogP contribution in [0.1, 0.15) is 21.6 Å². The number of hydrogen-bond donors (Lipinski definition) is 2. The zero-order chi connectivity index (χ0) is 14.9. The van der Waals surface area contributed by atoms with Crippen molar-refractivity contribution in [2.24, 2.45) is 0 Å². The van der Waals surface area contributed by atoms with E-state index in [1.165, 1.54) is 17.8 Å². The van der Waals surface area contributed by atoms with Crippen LogP contribution in [0.3, 0.4) is 0 Å². The predicted octanol–water partition coefficient (Wildman–Crippen LogP) is 3.78. The van der Waals surface area contributed by atoms with E-state index in [1.807, 2.05) is 26.0 Å². The quantitative estimate of drug-likeness (QED) is 0.844. The molecule has 0 aliphatic heterocycles. The number of hydrogen-bond acceptors (Lipinski definition) is 4. The molecule has 4 nitrogen and oxygen atoms in total. The Bertz CT molecular complexity index is 669. The average Bonchev–Trinajstić information content (AvgIpc) is 2.30. The second-order valence-electron chi connectivity index (χ2n) is 4.41. The first-order valence-corrected chi connectivity index (χ1v) is 7.01. The number of halogens is 1. The molecule has 0 fully saturated rings. The largest absolute Gasteiger partial charge is 0.478 e. The number of aromatic carboxylic acids is 1. The first-order chi connectivity index (χ1) is 9.36. The number of carboxylic acid groups (broad SMARTS) is 1. The number of benzene rings is 1. The van der Waals surface area contributed by atoms with Crippen LogP contribution in [0.2, 0.25) is 5.02 Å². The molecule has 0 aliphatic rings. The van der Waals surface area contributed by atoms with E-state index in [0.29, 0.717) is 20.6 Å². The fourth-order valence-corrected chi connectivity index (χ4v) is 3.24. The molecular weight excluding hydrogens is 296 g/mol. The van der Waals surface area contributed by atoms with Crippen molar-refractivity contribution in [3.8, 4) is 0 Å². The van der Waals surface area contributed by atoms with E-state index in [9.17, 15) is 9.90 Å². The fourth-order valence-electron chi connectivity index (χ4n) is 1.84. The number of nitrogens with two attached hydrogens (primary N) is 1. The van der Waals surface area contributed by atoms with E-state index in [4.69, 9.17) is 17.3 Å². The minimum absolute atomic E-state index is 0.0842. The van der Waals surface area contributed by atoms with Crippen LogP contribution in [0.4, 0.5) is 5.69 Å². The van der Waals surface area contributed by atoms with Crippen molar-refractivity contribution in [1.29, 1.82) is 0 Å². The van der Waals surface area contributed by atoms with Gasteiger partial charge in [-0.1, -0.05) is 23.4 Å². The molecular formula is C14H13ClN2O2S. The van der Waals surface area contributed by atoms with Crippen LogP contribution in [0.5, 0.6) is 0 Å². The minimum atomic E-state index is -1.06. The predicted molar refractivity (Wildman–Crippen MR) is 80.7 cm³/mol. The number of anilines is 1. The van der Waals surface area contributed by atoms with Crippen LogP contribution in [-0.4, -0.2) is 16.1 Å². The molecule has 0 saturated carbocycles. The van der Waals surface area contributed by atoms with Gasteiger partial charge in [-0.15, -0.1) is 0 Å². The van der Waals surface area contributed by atoms with Gasteiger partial charge in [-0.25, -0.2) is 9.78 Å². The summed E-state index contributed by atoms with van der Waals surface area (Å²) in [7, 11) is 0. The molecule has 0 radical (unpaired) electrons. The van der Waals surface area contributed by atoms with Crippen molar-refractivity contribution in [2.75, 3.05) is 5.73 Å².